The summed E-state index contributed by atoms with van der Waals surface area (Å²) in [6, 6.07) is 1.97. The molecule has 1 unspecified atom stereocenters. The van der Waals surface area contributed by atoms with E-state index in [1.807, 2.05) is 6.92 Å². The molecule has 1 saturated heterocycles. The molecule has 106 valence electrons. The Morgan fingerprint density at radius 3 is 3.11 bits per heavy atom. The summed E-state index contributed by atoms with van der Waals surface area (Å²) in [4.78, 5) is 16.7. The highest BCUT2D eigenvalue weighted by Crippen LogP contribution is 2.27. The van der Waals surface area contributed by atoms with E-state index in [1.54, 1.807) is 11.3 Å². The summed E-state index contributed by atoms with van der Waals surface area (Å²) in [6.45, 7) is 7.65. The van der Waals surface area contributed by atoms with E-state index in [2.05, 4.69) is 39.1 Å². The molecule has 1 fully saturated rings. The summed E-state index contributed by atoms with van der Waals surface area (Å²) in [6.07, 6.45) is 0. The summed E-state index contributed by atoms with van der Waals surface area (Å²) in [5.41, 5.74) is 0. The van der Waals surface area contributed by atoms with E-state index < -0.39 is 0 Å². The van der Waals surface area contributed by atoms with Crippen molar-refractivity contribution in [2.75, 3.05) is 26.2 Å². The summed E-state index contributed by atoms with van der Waals surface area (Å²) in [7, 11) is 0. The van der Waals surface area contributed by atoms with Crippen LogP contribution in [-0.4, -0.2) is 43.2 Å². The zero-order valence-electron chi connectivity index (χ0n) is 11.2. The average Bonchev–Trinajstić information content (AvgIpc) is 2.69. The van der Waals surface area contributed by atoms with Gasteiger partial charge in [0.15, 0.2) is 0 Å². The second-order valence-corrected chi connectivity index (χ2v) is 6.75. The van der Waals surface area contributed by atoms with E-state index in [4.69, 9.17) is 4.74 Å². The van der Waals surface area contributed by atoms with Crippen LogP contribution in [0.25, 0.3) is 0 Å². The van der Waals surface area contributed by atoms with E-state index in [1.165, 1.54) is 9.75 Å². The average molecular weight is 347 g/mol. The largest absolute Gasteiger partial charge is 0.465 e. The first-order valence-corrected chi connectivity index (χ1v) is 8.09. The number of hydrogen-bond acceptors (Lipinski definition) is 5. The highest BCUT2D eigenvalue weighted by atomic mass is 79.9. The minimum atomic E-state index is -0.171. The molecular weight excluding hydrogens is 328 g/mol. The molecule has 0 aromatic carbocycles. The number of halogens is 1. The Hall–Kier alpha value is -0.430. The molecule has 1 N–H and O–H groups in total. The number of piperazine rings is 1. The fourth-order valence-corrected chi connectivity index (χ4v) is 3.83. The van der Waals surface area contributed by atoms with Crippen molar-refractivity contribution in [2.24, 2.45) is 0 Å². The molecule has 1 aromatic heterocycles. The molecule has 2 rings (SSSR count). The minimum Gasteiger partial charge on any atom is -0.465 e. The molecule has 4 nitrogen and oxygen atoms in total. The lowest BCUT2D eigenvalue weighted by Gasteiger charge is -2.34. The summed E-state index contributed by atoms with van der Waals surface area (Å²) < 4.78 is 6.30. The van der Waals surface area contributed by atoms with Gasteiger partial charge in [-0.2, -0.15) is 0 Å². The van der Waals surface area contributed by atoms with Crippen molar-refractivity contribution in [3.63, 3.8) is 0 Å². The van der Waals surface area contributed by atoms with E-state index >= 15 is 0 Å². The van der Waals surface area contributed by atoms with Gasteiger partial charge < -0.3 is 10.1 Å². The summed E-state index contributed by atoms with van der Waals surface area (Å²) in [5, 5.41) is 3.26. The lowest BCUT2D eigenvalue weighted by Crippen LogP contribution is -2.54. The molecule has 0 spiro atoms. The fraction of sp³-hybridized carbons (Fsp3) is 0.615. The first kappa shape index (κ1) is 15.0. The third-order valence-electron chi connectivity index (χ3n) is 3.18. The Labute approximate surface area is 126 Å². The van der Waals surface area contributed by atoms with Crippen molar-refractivity contribution in [1.29, 1.82) is 0 Å². The topological polar surface area (TPSA) is 41.6 Å². The molecule has 0 aliphatic carbocycles. The number of rotatable bonds is 4. The third kappa shape index (κ3) is 3.78. The molecule has 1 aromatic rings. The first-order valence-electron chi connectivity index (χ1n) is 6.48. The number of carbonyl (C=O) groups excluding carboxylic acids is 1. The van der Waals surface area contributed by atoms with Gasteiger partial charge in [-0.25, -0.2) is 0 Å². The molecule has 0 saturated carbocycles. The van der Waals surface area contributed by atoms with Gasteiger partial charge in [0.2, 0.25) is 0 Å². The SMILES string of the molecule is CCOC(=O)C1CNCCN1Cc1cc(Br)c(C)s1. The zero-order chi connectivity index (χ0) is 13.8. The number of esters is 1. The highest BCUT2D eigenvalue weighted by Gasteiger charge is 2.30. The molecule has 1 aliphatic heterocycles. The van der Waals surface area contributed by atoms with E-state index in [0.717, 1.165) is 24.1 Å². The molecule has 6 heteroatoms. The van der Waals surface area contributed by atoms with Crippen LogP contribution in [0.1, 0.15) is 16.7 Å². The van der Waals surface area contributed by atoms with Crippen molar-refractivity contribution in [1.82, 2.24) is 10.2 Å². The van der Waals surface area contributed by atoms with Crippen LogP contribution in [0.5, 0.6) is 0 Å². The molecule has 2 heterocycles. The molecule has 0 amide bonds. The number of carbonyl (C=O) groups is 1. The highest BCUT2D eigenvalue weighted by molar-refractivity contribution is 9.10. The maximum absolute atomic E-state index is 12.0. The lowest BCUT2D eigenvalue weighted by atomic mass is 10.2. The second kappa shape index (κ2) is 6.83. The Morgan fingerprint density at radius 1 is 1.68 bits per heavy atom. The van der Waals surface area contributed by atoms with E-state index in [-0.39, 0.29) is 12.0 Å². The lowest BCUT2D eigenvalue weighted by molar-refractivity contribution is -0.150. The smallest absolute Gasteiger partial charge is 0.324 e. The van der Waals surface area contributed by atoms with Gasteiger partial charge in [0, 0.05) is 40.4 Å². The molecule has 0 radical (unpaired) electrons. The Kier molecular flexibility index (Phi) is 5.38. The van der Waals surface area contributed by atoms with Crippen LogP contribution in [0.2, 0.25) is 0 Å². The van der Waals surface area contributed by atoms with Crippen LogP contribution in [0.15, 0.2) is 10.5 Å². The quantitative estimate of drug-likeness (QED) is 0.848. The third-order valence-corrected chi connectivity index (χ3v) is 5.30. The van der Waals surface area contributed by atoms with Crippen molar-refractivity contribution in [2.45, 2.75) is 26.4 Å². The van der Waals surface area contributed by atoms with Crippen LogP contribution < -0.4 is 5.32 Å². The van der Waals surface area contributed by atoms with Crippen LogP contribution >= 0.6 is 27.3 Å². The number of nitrogens with zero attached hydrogens (tertiary/aromatic N) is 1. The van der Waals surface area contributed by atoms with Crippen molar-refractivity contribution in [3.05, 3.63) is 20.3 Å². The fourth-order valence-electron chi connectivity index (χ4n) is 2.20. The molecule has 1 aliphatic rings. The van der Waals surface area contributed by atoms with Gasteiger partial charge in [-0.05, 0) is 35.8 Å². The van der Waals surface area contributed by atoms with E-state index in [0.29, 0.717) is 13.2 Å². The summed E-state index contributed by atoms with van der Waals surface area (Å²) >= 11 is 5.31. The number of ether oxygens (including phenoxy) is 1. The number of aryl methyl sites for hydroxylation is 1. The molecule has 1 atom stereocenters. The van der Waals surface area contributed by atoms with Crippen LogP contribution in [0.4, 0.5) is 0 Å². The second-order valence-electron chi connectivity index (χ2n) is 4.56. The Balaban J connectivity index is 2.05. The van der Waals surface area contributed by atoms with Gasteiger partial charge in [-0.15, -0.1) is 11.3 Å². The molecule has 19 heavy (non-hydrogen) atoms. The van der Waals surface area contributed by atoms with Gasteiger partial charge in [0.05, 0.1) is 6.61 Å². The zero-order valence-corrected chi connectivity index (χ0v) is 13.6. The van der Waals surface area contributed by atoms with E-state index in [9.17, 15) is 4.79 Å². The Bertz CT molecular complexity index is 430. The van der Waals surface area contributed by atoms with Crippen molar-refractivity contribution < 1.29 is 9.53 Å². The predicted octanol–water partition coefficient (Wildman–Crippen LogP) is 2.16. The standard InChI is InChI=1S/C13H19BrN2O2S/c1-3-18-13(17)12-7-15-4-5-16(12)8-10-6-11(14)9(2)19-10/h6,12,15H,3-5,7-8H2,1-2H3. The normalized spacial score (nSPS) is 20.5. The van der Waals surface area contributed by atoms with Crippen LogP contribution in [0, 0.1) is 6.92 Å². The van der Waals surface area contributed by atoms with Gasteiger partial charge in [0.1, 0.15) is 6.04 Å². The monoisotopic (exact) mass is 346 g/mol. The van der Waals surface area contributed by atoms with Crippen molar-refractivity contribution in [3.8, 4) is 0 Å². The number of hydrogen-bond donors (Lipinski definition) is 1. The van der Waals surface area contributed by atoms with Crippen molar-refractivity contribution >= 4 is 33.2 Å². The maximum Gasteiger partial charge on any atom is 0.324 e. The van der Waals surface area contributed by atoms with Crippen LogP contribution in [-0.2, 0) is 16.1 Å². The first-order chi connectivity index (χ1) is 9.11. The maximum atomic E-state index is 12.0. The van der Waals surface area contributed by atoms with Gasteiger partial charge in [0.25, 0.3) is 0 Å². The minimum absolute atomic E-state index is 0.123. The molecule has 0 bridgehead atoms. The Morgan fingerprint density at radius 2 is 2.47 bits per heavy atom. The van der Waals surface area contributed by atoms with Gasteiger partial charge >= 0.3 is 5.97 Å². The van der Waals surface area contributed by atoms with Gasteiger partial charge in [-0.3, -0.25) is 9.69 Å². The predicted molar refractivity (Wildman–Crippen MR) is 80.5 cm³/mol. The summed E-state index contributed by atoms with van der Waals surface area (Å²) in [5.74, 6) is -0.123. The number of nitrogens with one attached hydrogen (secondary N) is 1. The van der Waals surface area contributed by atoms with Gasteiger partial charge in [-0.1, -0.05) is 0 Å². The number of thiophene rings is 1. The van der Waals surface area contributed by atoms with Crippen LogP contribution in [0.3, 0.4) is 0 Å². The molecular formula is C13H19BrN2O2S.